The molecule has 0 fully saturated rings. The van der Waals surface area contributed by atoms with Crippen molar-refractivity contribution in [1.82, 2.24) is 9.55 Å². The molecule has 0 aliphatic carbocycles. The third-order valence-corrected chi connectivity index (χ3v) is 2.65. The number of nitrogens with zero attached hydrogens (tertiary/aromatic N) is 2. The molecule has 0 spiro atoms. The van der Waals surface area contributed by atoms with E-state index in [1.165, 1.54) is 6.08 Å². The summed E-state index contributed by atoms with van der Waals surface area (Å²) in [6.07, 6.45) is 5.93. The first kappa shape index (κ1) is 12.9. The van der Waals surface area contributed by atoms with Gasteiger partial charge in [-0.05, 0) is 23.8 Å². The fourth-order valence-corrected chi connectivity index (χ4v) is 1.69. The molecule has 0 saturated carbocycles. The van der Waals surface area contributed by atoms with Crippen LogP contribution in [-0.2, 0) is 11.3 Å². The van der Waals surface area contributed by atoms with Crippen molar-refractivity contribution in [3.05, 3.63) is 54.1 Å². The lowest BCUT2D eigenvalue weighted by atomic mass is 10.2. The summed E-state index contributed by atoms with van der Waals surface area (Å²) in [5.41, 5.74) is 1.84. The van der Waals surface area contributed by atoms with E-state index in [0.29, 0.717) is 6.54 Å². The van der Waals surface area contributed by atoms with Gasteiger partial charge in [0.1, 0.15) is 5.75 Å². The Hall–Kier alpha value is -2.56. The Morgan fingerprint density at radius 2 is 2.16 bits per heavy atom. The summed E-state index contributed by atoms with van der Waals surface area (Å²) in [7, 11) is 1.62. The highest BCUT2D eigenvalue weighted by atomic mass is 16.5. The minimum Gasteiger partial charge on any atom is -0.497 e. The minimum atomic E-state index is -0.975. The summed E-state index contributed by atoms with van der Waals surface area (Å²) in [6.45, 7) is 0.628. The molecule has 0 radical (unpaired) electrons. The van der Waals surface area contributed by atoms with Crippen LogP contribution in [0.2, 0.25) is 0 Å². The predicted molar refractivity (Wildman–Crippen MR) is 71.0 cm³/mol. The van der Waals surface area contributed by atoms with Gasteiger partial charge in [0.05, 0.1) is 25.3 Å². The second-order valence-electron chi connectivity index (χ2n) is 3.97. The van der Waals surface area contributed by atoms with Crippen molar-refractivity contribution in [3.8, 4) is 5.75 Å². The normalized spacial score (nSPS) is 10.8. The third kappa shape index (κ3) is 3.45. The Balaban J connectivity index is 2.14. The van der Waals surface area contributed by atoms with Gasteiger partial charge in [0.25, 0.3) is 0 Å². The van der Waals surface area contributed by atoms with Gasteiger partial charge in [-0.3, -0.25) is 0 Å². The van der Waals surface area contributed by atoms with E-state index in [1.807, 2.05) is 28.8 Å². The van der Waals surface area contributed by atoms with Crippen molar-refractivity contribution in [1.29, 1.82) is 0 Å². The maximum atomic E-state index is 10.5. The van der Waals surface area contributed by atoms with Crippen molar-refractivity contribution >= 4 is 12.0 Å². The average molecular weight is 258 g/mol. The minimum absolute atomic E-state index is 0.628. The molecule has 0 amide bonds. The standard InChI is InChI=1S/C14H14N2O3/c1-19-13-5-2-11(3-6-13)9-16-10-15-8-12(16)4-7-14(17)18/h2-8,10H,9H2,1H3,(H,17,18). The zero-order valence-electron chi connectivity index (χ0n) is 10.5. The molecule has 0 bridgehead atoms. The molecule has 1 aromatic heterocycles. The van der Waals surface area contributed by atoms with Crippen LogP contribution in [0.1, 0.15) is 11.3 Å². The highest BCUT2D eigenvalue weighted by molar-refractivity contribution is 5.84. The number of aliphatic carboxylic acids is 1. The number of carboxylic acids is 1. The third-order valence-electron chi connectivity index (χ3n) is 2.65. The lowest BCUT2D eigenvalue weighted by Crippen LogP contribution is -2.00. The zero-order chi connectivity index (χ0) is 13.7. The lowest BCUT2D eigenvalue weighted by Gasteiger charge is -2.06. The molecule has 5 nitrogen and oxygen atoms in total. The number of methoxy groups -OCH3 is 1. The van der Waals surface area contributed by atoms with E-state index in [9.17, 15) is 4.79 Å². The summed E-state index contributed by atoms with van der Waals surface area (Å²) in [5, 5.41) is 8.62. The topological polar surface area (TPSA) is 64.4 Å². The maximum Gasteiger partial charge on any atom is 0.328 e. The van der Waals surface area contributed by atoms with Gasteiger partial charge in [-0.25, -0.2) is 9.78 Å². The molecule has 0 atom stereocenters. The first-order chi connectivity index (χ1) is 9.19. The second-order valence-corrected chi connectivity index (χ2v) is 3.97. The summed E-state index contributed by atoms with van der Waals surface area (Å²) >= 11 is 0. The van der Waals surface area contributed by atoms with Gasteiger partial charge >= 0.3 is 5.97 Å². The first-order valence-electron chi connectivity index (χ1n) is 5.73. The fourth-order valence-electron chi connectivity index (χ4n) is 1.69. The van der Waals surface area contributed by atoms with Crippen LogP contribution in [-0.4, -0.2) is 27.7 Å². The monoisotopic (exact) mass is 258 g/mol. The highest BCUT2D eigenvalue weighted by Gasteiger charge is 2.01. The summed E-state index contributed by atoms with van der Waals surface area (Å²) in [5.74, 6) is -0.169. The molecular weight excluding hydrogens is 244 g/mol. The van der Waals surface area contributed by atoms with Gasteiger partial charge in [0.15, 0.2) is 0 Å². The van der Waals surface area contributed by atoms with Crippen LogP contribution in [0.3, 0.4) is 0 Å². The van der Waals surface area contributed by atoms with Crippen molar-refractivity contribution in [2.75, 3.05) is 7.11 Å². The van der Waals surface area contributed by atoms with E-state index in [4.69, 9.17) is 9.84 Å². The van der Waals surface area contributed by atoms with Crippen LogP contribution in [0.25, 0.3) is 6.08 Å². The van der Waals surface area contributed by atoms with Crippen LogP contribution in [0.5, 0.6) is 5.75 Å². The summed E-state index contributed by atoms with van der Waals surface area (Å²) in [6, 6.07) is 7.70. The van der Waals surface area contributed by atoms with Crippen molar-refractivity contribution < 1.29 is 14.6 Å². The smallest absolute Gasteiger partial charge is 0.328 e. The van der Waals surface area contributed by atoms with E-state index in [2.05, 4.69) is 4.98 Å². The number of carboxylic acid groups (broad SMARTS) is 1. The van der Waals surface area contributed by atoms with Gasteiger partial charge < -0.3 is 14.4 Å². The number of rotatable bonds is 5. The molecule has 19 heavy (non-hydrogen) atoms. The number of aromatic nitrogens is 2. The van der Waals surface area contributed by atoms with Crippen LogP contribution < -0.4 is 4.74 Å². The molecule has 5 heteroatoms. The first-order valence-corrected chi connectivity index (χ1v) is 5.73. The lowest BCUT2D eigenvalue weighted by molar-refractivity contribution is -0.131. The van der Waals surface area contributed by atoms with Crippen LogP contribution in [0.4, 0.5) is 0 Å². The molecular formula is C14H14N2O3. The van der Waals surface area contributed by atoms with Gasteiger partial charge in [0, 0.05) is 12.6 Å². The molecule has 0 aliphatic rings. The highest BCUT2D eigenvalue weighted by Crippen LogP contribution is 2.13. The van der Waals surface area contributed by atoms with Gasteiger partial charge in [-0.2, -0.15) is 0 Å². The summed E-state index contributed by atoms with van der Waals surface area (Å²) < 4.78 is 6.97. The average Bonchev–Trinajstić information content (AvgIpc) is 2.84. The van der Waals surface area contributed by atoms with Crippen molar-refractivity contribution in [2.24, 2.45) is 0 Å². The summed E-state index contributed by atoms with van der Waals surface area (Å²) in [4.78, 5) is 14.5. The van der Waals surface area contributed by atoms with Gasteiger partial charge in [-0.15, -0.1) is 0 Å². The number of hydrogen-bond acceptors (Lipinski definition) is 3. The SMILES string of the molecule is COc1ccc(Cn2cncc2C=CC(=O)O)cc1. The zero-order valence-corrected chi connectivity index (χ0v) is 10.5. The number of hydrogen-bond donors (Lipinski definition) is 1. The number of carbonyl (C=O) groups is 1. The van der Waals surface area contributed by atoms with Gasteiger partial charge in [0.2, 0.25) is 0 Å². The molecule has 1 aromatic carbocycles. The van der Waals surface area contributed by atoms with Crippen molar-refractivity contribution in [3.63, 3.8) is 0 Å². The van der Waals surface area contributed by atoms with Crippen molar-refractivity contribution in [2.45, 2.75) is 6.54 Å². The Morgan fingerprint density at radius 3 is 2.79 bits per heavy atom. The van der Waals surface area contributed by atoms with Gasteiger partial charge in [-0.1, -0.05) is 12.1 Å². The molecule has 2 rings (SSSR count). The Morgan fingerprint density at radius 1 is 1.42 bits per heavy atom. The van der Waals surface area contributed by atoms with E-state index >= 15 is 0 Å². The predicted octanol–water partition coefficient (Wildman–Crippen LogP) is 2.04. The maximum absolute atomic E-state index is 10.5. The molecule has 98 valence electrons. The van der Waals surface area contributed by atoms with Crippen LogP contribution in [0.15, 0.2) is 42.9 Å². The molecule has 1 heterocycles. The quantitative estimate of drug-likeness (QED) is 0.833. The number of ether oxygens (including phenoxy) is 1. The number of benzene rings is 1. The Labute approximate surface area is 110 Å². The van der Waals surface area contributed by atoms with E-state index in [-0.39, 0.29) is 0 Å². The van der Waals surface area contributed by atoms with E-state index < -0.39 is 5.97 Å². The Kier molecular flexibility index (Phi) is 3.97. The molecule has 0 aliphatic heterocycles. The van der Waals surface area contributed by atoms with E-state index in [1.54, 1.807) is 19.6 Å². The van der Waals surface area contributed by atoms with E-state index in [0.717, 1.165) is 23.1 Å². The molecule has 2 aromatic rings. The van der Waals surface area contributed by atoms with Crippen LogP contribution in [0, 0.1) is 0 Å². The fraction of sp³-hybridized carbons (Fsp3) is 0.143. The number of imidazole rings is 1. The largest absolute Gasteiger partial charge is 0.497 e. The molecule has 0 unspecified atom stereocenters. The molecule has 1 N–H and O–H groups in total. The Bertz CT molecular complexity index is 585. The molecule has 0 saturated heterocycles. The second kappa shape index (κ2) is 5.86. The van der Waals surface area contributed by atoms with Crippen LogP contribution >= 0.6 is 0 Å².